The molecule has 2 amide bonds. The second-order valence-electron chi connectivity index (χ2n) is 5.59. The molecule has 2 aromatic rings. The van der Waals surface area contributed by atoms with Crippen molar-refractivity contribution in [3.8, 4) is 5.75 Å². The molecule has 3 rings (SSSR count). The lowest BCUT2D eigenvalue weighted by molar-refractivity contribution is -0.120. The van der Waals surface area contributed by atoms with Crippen LogP contribution >= 0.6 is 11.8 Å². The molecule has 0 unspecified atom stereocenters. The molecule has 7 heteroatoms. The first kappa shape index (κ1) is 17.8. The lowest BCUT2D eigenvalue weighted by atomic mass is 10.2. The summed E-state index contributed by atoms with van der Waals surface area (Å²) in [5.41, 5.74) is 7.75. The molecule has 1 saturated heterocycles. The summed E-state index contributed by atoms with van der Waals surface area (Å²) in [6.45, 7) is 1.80. The lowest BCUT2D eigenvalue weighted by Crippen LogP contribution is -2.20. The maximum Gasteiger partial charge on any atom is 0.264 e. The Morgan fingerprint density at radius 3 is 2.65 bits per heavy atom. The molecule has 0 spiro atoms. The highest BCUT2D eigenvalue weighted by Crippen LogP contribution is 2.29. The molecule has 0 aliphatic carbocycles. The van der Waals surface area contributed by atoms with Gasteiger partial charge in [0.05, 0.1) is 10.6 Å². The van der Waals surface area contributed by atoms with Crippen LogP contribution in [0.25, 0.3) is 6.08 Å². The number of ether oxygens (including phenoxy) is 1. The molecule has 1 fully saturated rings. The molecular weight excluding hydrogens is 350 g/mol. The van der Waals surface area contributed by atoms with Crippen LogP contribution in [0, 0.1) is 6.92 Å². The number of nitrogens with zero attached hydrogens (tertiary/aromatic N) is 1. The Hall–Kier alpha value is -3.06. The number of aryl methyl sites for hydroxylation is 1. The summed E-state index contributed by atoms with van der Waals surface area (Å²) < 4.78 is 5.21. The second-order valence-corrected chi connectivity index (χ2v) is 6.62. The first-order valence-corrected chi connectivity index (χ1v) is 8.69. The van der Waals surface area contributed by atoms with Gasteiger partial charge in [-0.2, -0.15) is 0 Å². The van der Waals surface area contributed by atoms with Crippen molar-refractivity contribution < 1.29 is 14.3 Å². The summed E-state index contributed by atoms with van der Waals surface area (Å²) in [7, 11) is 0. The third-order valence-electron chi connectivity index (χ3n) is 3.55. The second kappa shape index (κ2) is 7.88. The van der Waals surface area contributed by atoms with Crippen LogP contribution in [0.5, 0.6) is 5.75 Å². The lowest BCUT2D eigenvalue weighted by Gasteiger charge is -2.03. The number of hydrogen-bond acceptors (Lipinski definition) is 5. The van der Waals surface area contributed by atoms with Crippen LogP contribution in [0.1, 0.15) is 11.1 Å². The summed E-state index contributed by atoms with van der Waals surface area (Å²) in [5.74, 6) is -0.177. The van der Waals surface area contributed by atoms with E-state index in [9.17, 15) is 9.59 Å². The maximum absolute atomic E-state index is 12.2. The molecule has 0 aromatic heterocycles. The van der Waals surface area contributed by atoms with Gasteiger partial charge in [0.1, 0.15) is 5.75 Å². The summed E-state index contributed by atoms with van der Waals surface area (Å²) in [5, 5.41) is 3.33. The normalized spacial score (nSPS) is 16.7. The fourth-order valence-corrected chi connectivity index (χ4v) is 3.08. The van der Waals surface area contributed by atoms with Gasteiger partial charge in [-0.3, -0.25) is 9.59 Å². The topological polar surface area (TPSA) is 93.8 Å². The minimum absolute atomic E-state index is 0.169. The van der Waals surface area contributed by atoms with E-state index in [2.05, 4.69) is 10.3 Å². The van der Waals surface area contributed by atoms with Crippen molar-refractivity contribution in [1.82, 2.24) is 5.32 Å². The maximum atomic E-state index is 12.2. The van der Waals surface area contributed by atoms with E-state index in [4.69, 9.17) is 10.5 Å². The van der Waals surface area contributed by atoms with Gasteiger partial charge in [-0.05, 0) is 54.1 Å². The number of aliphatic imine (C=N–C) groups is 1. The van der Waals surface area contributed by atoms with Crippen LogP contribution in [0.2, 0.25) is 0 Å². The average Bonchev–Trinajstić information content (AvgIpc) is 2.95. The van der Waals surface area contributed by atoms with Gasteiger partial charge >= 0.3 is 0 Å². The van der Waals surface area contributed by atoms with Gasteiger partial charge in [0.15, 0.2) is 11.8 Å². The Balaban J connectivity index is 1.72. The van der Waals surface area contributed by atoms with Crippen molar-refractivity contribution in [1.29, 1.82) is 0 Å². The van der Waals surface area contributed by atoms with Crippen LogP contribution in [0.4, 0.5) is 5.69 Å². The minimum atomic E-state index is -0.532. The van der Waals surface area contributed by atoms with Crippen molar-refractivity contribution in [2.45, 2.75) is 6.92 Å². The zero-order valence-corrected chi connectivity index (χ0v) is 14.9. The van der Waals surface area contributed by atoms with Gasteiger partial charge in [0.25, 0.3) is 11.8 Å². The molecule has 0 atom stereocenters. The third-order valence-corrected chi connectivity index (χ3v) is 4.46. The highest BCUT2D eigenvalue weighted by Gasteiger charge is 2.23. The SMILES string of the molecule is Cc1ccccc1N=C1NC(=O)/C(=C\c2ccc(OCC(N)=O)cc2)S1. The number of carbonyl (C=O) groups is 2. The zero-order chi connectivity index (χ0) is 18.5. The van der Waals surface area contributed by atoms with E-state index in [0.29, 0.717) is 15.8 Å². The number of amidine groups is 1. The molecule has 1 heterocycles. The number of thioether (sulfide) groups is 1. The summed E-state index contributed by atoms with van der Waals surface area (Å²) in [6, 6.07) is 14.8. The molecular formula is C19H17N3O3S. The van der Waals surface area contributed by atoms with Crippen molar-refractivity contribution in [3.63, 3.8) is 0 Å². The van der Waals surface area contributed by atoms with Crippen LogP contribution < -0.4 is 15.8 Å². The molecule has 0 bridgehead atoms. The van der Waals surface area contributed by atoms with Crippen molar-refractivity contribution in [3.05, 3.63) is 64.6 Å². The number of nitrogens with one attached hydrogen (secondary N) is 1. The number of primary amides is 1. The predicted molar refractivity (Wildman–Crippen MR) is 103 cm³/mol. The third kappa shape index (κ3) is 4.52. The van der Waals surface area contributed by atoms with Crippen LogP contribution in [-0.4, -0.2) is 23.6 Å². The Bertz CT molecular complexity index is 905. The van der Waals surface area contributed by atoms with E-state index < -0.39 is 5.91 Å². The number of nitrogens with two attached hydrogens (primary N) is 1. The predicted octanol–water partition coefficient (Wildman–Crippen LogP) is 2.75. The van der Waals surface area contributed by atoms with E-state index in [1.807, 2.05) is 31.2 Å². The number of benzene rings is 2. The van der Waals surface area contributed by atoms with Crippen molar-refractivity contribution in [2.24, 2.45) is 10.7 Å². The van der Waals surface area contributed by atoms with Gasteiger partial charge in [-0.25, -0.2) is 4.99 Å². The summed E-state index contributed by atoms with van der Waals surface area (Å²) >= 11 is 1.29. The largest absolute Gasteiger partial charge is 0.484 e. The fraction of sp³-hybridized carbons (Fsp3) is 0.105. The number of para-hydroxylation sites is 1. The molecule has 132 valence electrons. The highest BCUT2D eigenvalue weighted by molar-refractivity contribution is 8.18. The van der Waals surface area contributed by atoms with Crippen molar-refractivity contribution >= 4 is 40.5 Å². The van der Waals surface area contributed by atoms with Gasteiger partial charge in [-0.1, -0.05) is 30.3 Å². The Morgan fingerprint density at radius 2 is 1.96 bits per heavy atom. The fourth-order valence-electron chi connectivity index (χ4n) is 2.24. The highest BCUT2D eigenvalue weighted by atomic mass is 32.2. The quantitative estimate of drug-likeness (QED) is 0.795. The Kier molecular flexibility index (Phi) is 5.38. The van der Waals surface area contributed by atoms with Gasteiger partial charge in [0, 0.05) is 0 Å². The summed E-state index contributed by atoms with van der Waals surface area (Å²) in [6.07, 6.45) is 1.78. The minimum Gasteiger partial charge on any atom is -0.484 e. The van der Waals surface area contributed by atoms with E-state index in [0.717, 1.165) is 16.8 Å². The van der Waals surface area contributed by atoms with E-state index in [1.54, 1.807) is 30.3 Å². The van der Waals surface area contributed by atoms with E-state index in [-0.39, 0.29) is 12.5 Å². The number of rotatable bonds is 5. The first-order chi connectivity index (χ1) is 12.5. The molecule has 1 aliphatic rings. The molecule has 6 nitrogen and oxygen atoms in total. The number of hydrogen-bond donors (Lipinski definition) is 2. The number of amides is 2. The number of carbonyl (C=O) groups excluding carboxylic acids is 2. The molecule has 0 radical (unpaired) electrons. The molecule has 26 heavy (non-hydrogen) atoms. The molecule has 3 N–H and O–H groups in total. The smallest absolute Gasteiger partial charge is 0.264 e. The monoisotopic (exact) mass is 367 g/mol. The van der Waals surface area contributed by atoms with Gasteiger partial charge in [0.2, 0.25) is 0 Å². The zero-order valence-electron chi connectivity index (χ0n) is 14.1. The average molecular weight is 367 g/mol. The van der Waals surface area contributed by atoms with Crippen molar-refractivity contribution in [2.75, 3.05) is 6.61 Å². The molecule has 0 saturated carbocycles. The standard InChI is InChI=1S/C19H17N3O3S/c1-12-4-2-3-5-15(12)21-19-22-18(24)16(26-19)10-13-6-8-14(9-7-13)25-11-17(20)23/h2-10H,11H2,1H3,(H2,20,23)(H,21,22,24)/b16-10+. The van der Waals surface area contributed by atoms with E-state index in [1.165, 1.54) is 11.8 Å². The first-order valence-electron chi connectivity index (χ1n) is 7.87. The Morgan fingerprint density at radius 1 is 1.23 bits per heavy atom. The summed E-state index contributed by atoms with van der Waals surface area (Å²) in [4.78, 5) is 27.9. The van der Waals surface area contributed by atoms with Crippen LogP contribution in [-0.2, 0) is 9.59 Å². The molecule has 1 aliphatic heterocycles. The van der Waals surface area contributed by atoms with Gasteiger partial charge < -0.3 is 15.8 Å². The van der Waals surface area contributed by atoms with Gasteiger partial charge in [-0.15, -0.1) is 0 Å². The Labute approximate surface area is 155 Å². The van der Waals surface area contributed by atoms with Crippen LogP contribution in [0.15, 0.2) is 58.4 Å². The van der Waals surface area contributed by atoms with E-state index >= 15 is 0 Å². The van der Waals surface area contributed by atoms with Crippen LogP contribution in [0.3, 0.4) is 0 Å². The molecule has 2 aromatic carbocycles.